The van der Waals surface area contributed by atoms with Gasteiger partial charge in [0.1, 0.15) is 5.82 Å². The van der Waals surface area contributed by atoms with Crippen LogP contribution in [0.5, 0.6) is 0 Å². The van der Waals surface area contributed by atoms with E-state index in [-0.39, 0.29) is 17.7 Å². The van der Waals surface area contributed by atoms with Crippen molar-refractivity contribution in [3.05, 3.63) is 34.2 Å². The molecule has 0 spiro atoms. The number of rotatable bonds is 6. The zero-order valence-electron chi connectivity index (χ0n) is 14.5. The fraction of sp³-hybridized carbons (Fsp3) is 0.500. The maximum Gasteiger partial charge on any atom is 0.271 e. The van der Waals surface area contributed by atoms with Crippen molar-refractivity contribution in [2.75, 3.05) is 11.9 Å². The number of nitrogens with one attached hydrogen (secondary N) is 2. The van der Waals surface area contributed by atoms with Gasteiger partial charge in [-0.25, -0.2) is 0 Å². The number of carbonyl (C=O) groups excluding carboxylic acids is 2. The van der Waals surface area contributed by atoms with Gasteiger partial charge in [0.15, 0.2) is 5.69 Å². The van der Waals surface area contributed by atoms with E-state index >= 15 is 0 Å². The summed E-state index contributed by atoms with van der Waals surface area (Å²) in [6, 6.07) is 5.69. The lowest BCUT2D eigenvalue weighted by Gasteiger charge is -2.20. The van der Waals surface area contributed by atoms with Crippen LogP contribution in [-0.4, -0.2) is 28.1 Å². The number of amides is 2. The molecule has 25 heavy (non-hydrogen) atoms. The van der Waals surface area contributed by atoms with Crippen LogP contribution in [0, 0.1) is 5.92 Å². The predicted octanol–water partition coefficient (Wildman–Crippen LogP) is 2.97. The Bertz CT molecular complexity index is 718. The van der Waals surface area contributed by atoms with E-state index in [9.17, 15) is 9.59 Å². The lowest BCUT2D eigenvalue weighted by molar-refractivity contribution is -0.120. The quantitative estimate of drug-likeness (QED) is 0.831. The third-order valence-corrected chi connectivity index (χ3v) is 5.51. The highest BCUT2D eigenvalue weighted by Gasteiger charge is 2.22. The maximum absolute atomic E-state index is 12.4. The van der Waals surface area contributed by atoms with Crippen LogP contribution in [0.3, 0.4) is 0 Å². The van der Waals surface area contributed by atoms with Crippen LogP contribution in [0.15, 0.2) is 23.6 Å². The highest BCUT2D eigenvalue weighted by Crippen LogP contribution is 2.25. The Morgan fingerprint density at radius 2 is 2.12 bits per heavy atom. The number of hydrogen-bond donors (Lipinski definition) is 2. The van der Waals surface area contributed by atoms with E-state index in [2.05, 4.69) is 21.8 Å². The Morgan fingerprint density at radius 1 is 1.32 bits per heavy atom. The first-order valence-corrected chi connectivity index (χ1v) is 9.67. The van der Waals surface area contributed by atoms with Gasteiger partial charge in [-0.15, -0.1) is 11.3 Å². The molecule has 0 saturated heterocycles. The Kier molecular flexibility index (Phi) is 5.86. The fourth-order valence-corrected chi connectivity index (χ4v) is 3.84. The molecule has 0 atom stereocenters. The van der Waals surface area contributed by atoms with Crippen molar-refractivity contribution in [2.45, 2.75) is 38.5 Å². The second kappa shape index (κ2) is 8.29. The summed E-state index contributed by atoms with van der Waals surface area (Å²) >= 11 is 1.68. The highest BCUT2D eigenvalue weighted by atomic mass is 32.1. The lowest BCUT2D eigenvalue weighted by Crippen LogP contribution is -2.26. The molecule has 0 bridgehead atoms. The SMILES string of the molecule is Cn1nc(C(=O)NCCc2cccs2)cc1NC(=O)C1CCCCC1. The van der Waals surface area contributed by atoms with E-state index in [4.69, 9.17) is 0 Å². The monoisotopic (exact) mass is 360 g/mol. The number of nitrogens with zero attached hydrogens (tertiary/aromatic N) is 2. The molecule has 3 rings (SSSR count). The predicted molar refractivity (Wildman–Crippen MR) is 98.8 cm³/mol. The average Bonchev–Trinajstić information content (AvgIpc) is 3.26. The summed E-state index contributed by atoms with van der Waals surface area (Å²) in [4.78, 5) is 25.8. The van der Waals surface area contributed by atoms with E-state index in [1.807, 2.05) is 11.4 Å². The molecular formula is C18H24N4O2S. The summed E-state index contributed by atoms with van der Waals surface area (Å²) < 4.78 is 1.55. The van der Waals surface area contributed by atoms with Gasteiger partial charge in [-0.2, -0.15) is 5.10 Å². The maximum atomic E-state index is 12.4. The van der Waals surface area contributed by atoms with Crippen LogP contribution in [0.1, 0.15) is 47.5 Å². The van der Waals surface area contributed by atoms with Crippen molar-refractivity contribution in [2.24, 2.45) is 13.0 Å². The van der Waals surface area contributed by atoms with Crippen molar-refractivity contribution >= 4 is 29.0 Å². The summed E-state index contributed by atoms with van der Waals surface area (Å²) in [5.74, 6) is 0.461. The zero-order chi connectivity index (χ0) is 17.6. The lowest BCUT2D eigenvalue weighted by atomic mass is 9.89. The molecule has 2 aromatic heterocycles. The third kappa shape index (κ3) is 4.69. The fourth-order valence-electron chi connectivity index (χ4n) is 3.13. The Labute approximate surface area is 151 Å². The van der Waals surface area contributed by atoms with Crippen LogP contribution < -0.4 is 10.6 Å². The molecule has 0 aromatic carbocycles. The number of thiophene rings is 1. The average molecular weight is 360 g/mol. The van der Waals surface area contributed by atoms with Gasteiger partial charge < -0.3 is 10.6 Å². The minimum atomic E-state index is -0.217. The first kappa shape index (κ1) is 17.7. The van der Waals surface area contributed by atoms with Gasteiger partial charge in [-0.1, -0.05) is 25.3 Å². The largest absolute Gasteiger partial charge is 0.350 e. The topological polar surface area (TPSA) is 76.0 Å². The van der Waals surface area contributed by atoms with Crippen molar-refractivity contribution in [1.82, 2.24) is 15.1 Å². The molecule has 1 aliphatic carbocycles. The van der Waals surface area contributed by atoms with Crippen LogP contribution >= 0.6 is 11.3 Å². The molecule has 1 fully saturated rings. The van der Waals surface area contributed by atoms with Crippen molar-refractivity contribution in [1.29, 1.82) is 0 Å². The molecule has 0 aliphatic heterocycles. The normalized spacial score (nSPS) is 15.1. The molecule has 0 radical (unpaired) electrons. The van der Waals surface area contributed by atoms with Crippen LogP contribution in [0.4, 0.5) is 5.82 Å². The molecule has 2 N–H and O–H groups in total. The minimum absolute atomic E-state index is 0.0346. The molecule has 134 valence electrons. The van der Waals surface area contributed by atoms with Crippen molar-refractivity contribution in [3.8, 4) is 0 Å². The summed E-state index contributed by atoms with van der Waals surface area (Å²) in [7, 11) is 1.74. The highest BCUT2D eigenvalue weighted by molar-refractivity contribution is 7.09. The Balaban J connectivity index is 1.53. The van der Waals surface area contributed by atoms with E-state index in [1.165, 1.54) is 11.3 Å². The second-order valence-corrected chi connectivity index (χ2v) is 7.48. The van der Waals surface area contributed by atoms with Gasteiger partial charge in [0.2, 0.25) is 5.91 Å². The summed E-state index contributed by atoms with van der Waals surface area (Å²) in [6.07, 6.45) is 6.13. The first-order valence-electron chi connectivity index (χ1n) is 8.79. The molecule has 2 heterocycles. The molecule has 1 aliphatic rings. The van der Waals surface area contributed by atoms with Crippen molar-refractivity contribution in [3.63, 3.8) is 0 Å². The zero-order valence-corrected chi connectivity index (χ0v) is 15.3. The van der Waals surface area contributed by atoms with Crippen LogP contribution in [0.25, 0.3) is 0 Å². The van der Waals surface area contributed by atoms with Crippen LogP contribution in [-0.2, 0) is 18.3 Å². The number of aryl methyl sites for hydroxylation is 1. The van der Waals surface area contributed by atoms with Crippen LogP contribution in [0.2, 0.25) is 0 Å². The summed E-state index contributed by atoms with van der Waals surface area (Å²) in [5, 5.41) is 12.0. The molecule has 0 unspecified atom stereocenters. The third-order valence-electron chi connectivity index (χ3n) is 4.58. The van der Waals surface area contributed by atoms with Gasteiger partial charge in [0.25, 0.3) is 5.91 Å². The molecular weight excluding hydrogens is 336 g/mol. The second-order valence-electron chi connectivity index (χ2n) is 6.45. The van der Waals surface area contributed by atoms with E-state index in [1.54, 1.807) is 29.1 Å². The van der Waals surface area contributed by atoms with Crippen molar-refractivity contribution < 1.29 is 9.59 Å². The number of hydrogen-bond acceptors (Lipinski definition) is 4. The number of anilines is 1. The van der Waals surface area contributed by atoms with Gasteiger partial charge in [-0.3, -0.25) is 14.3 Å². The molecule has 1 saturated carbocycles. The molecule has 2 amide bonds. The summed E-state index contributed by atoms with van der Waals surface area (Å²) in [6.45, 7) is 0.569. The van der Waals surface area contributed by atoms with Gasteiger partial charge in [-0.05, 0) is 30.7 Å². The van der Waals surface area contributed by atoms with Gasteiger partial charge >= 0.3 is 0 Å². The van der Waals surface area contributed by atoms with Gasteiger partial charge in [0, 0.05) is 30.5 Å². The molecule has 6 nitrogen and oxygen atoms in total. The molecule has 7 heteroatoms. The minimum Gasteiger partial charge on any atom is -0.350 e. The molecule has 2 aromatic rings. The standard InChI is InChI=1S/C18H24N4O2S/c1-22-16(20-17(23)13-6-3-2-4-7-13)12-15(21-22)18(24)19-10-9-14-8-5-11-25-14/h5,8,11-13H,2-4,6-7,9-10H2,1H3,(H,19,24)(H,20,23). The number of carbonyl (C=O) groups is 2. The Morgan fingerprint density at radius 3 is 2.84 bits per heavy atom. The van der Waals surface area contributed by atoms with E-state index in [0.29, 0.717) is 18.1 Å². The number of aromatic nitrogens is 2. The van der Waals surface area contributed by atoms with E-state index < -0.39 is 0 Å². The first-order chi connectivity index (χ1) is 12.1. The van der Waals surface area contributed by atoms with E-state index in [0.717, 1.165) is 32.1 Å². The Hall–Kier alpha value is -2.15. The summed E-state index contributed by atoms with van der Waals surface area (Å²) in [5.41, 5.74) is 0.327. The van der Waals surface area contributed by atoms with Gasteiger partial charge in [0.05, 0.1) is 0 Å². The smallest absolute Gasteiger partial charge is 0.271 e.